The summed E-state index contributed by atoms with van der Waals surface area (Å²) in [6, 6.07) is 0. The topological polar surface area (TPSA) is 24.5 Å². The number of hydrogen-bond donors (Lipinski definition) is 1. The van der Waals surface area contributed by atoms with Crippen LogP contribution >= 0.6 is 12.4 Å². The molecule has 114 valence electrons. The second-order valence-corrected chi connectivity index (χ2v) is 6.62. The minimum atomic E-state index is 0. The summed E-state index contributed by atoms with van der Waals surface area (Å²) in [7, 11) is 1.82. The molecule has 2 atom stereocenters. The first-order valence-corrected chi connectivity index (χ1v) is 7.64. The van der Waals surface area contributed by atoms with Gasteiger partial charge in [-0.2, -0.15) is 0 Å². The zero-order valence-electron chi connectivity index (χ0n) is 12.6. The molecule has 2 saturated heterocycles. The van der Waals surface area contributed by atoms with Crippen LogP contribution in [-0.4, -0.2) is 51.3 Å². The Balaban J connectivity index is 0.00000180. The van der Waals surface area contributed by atoms with Gasteiger partial charge in [0.05, 0.1) is 0 Å². The molecule has 0 amide bonds. The molecule has 0 aromatic heterocycles. The van der Waals surface area contributed by atoms with Crippen molar-refractivity contribution in [2.75, 3.05) is 46.4 Å². The molecule has 0 saturated carbocycles. The molecule has 2 rings (SSSR count). The fraction of sp³-hybridized carbons (Fsp3) is 1.00. The van der Waals surface area contributed by atoms with Gasteiger partial charge in [0.25, 0.3) is 0 Å². The van der Waals surface area contributed by atoms with E-state index in [4.69, 9.17) is 4.74 Å². The van der Waals surface area contributed by atoms with Crippen LogP contribution in [0.25, 0.3) is 0 Å². The highest BCUT2D eigenvalue weighted by Gasteiger charge is 2.31. The Bertz CT molecular complexity index is 244. The highest BCUT2D eigenvalue weighted by atomic mass is 35.5. The third kappa shape index (κ3) is 5.58. The second kappa shape index (κ2) is 8.46. The molecule has 0 aromatic carbocycles. The van der Waals surface area contributed by atoms with Crippen molar-refractivity contribution >= 4 is 12.4 Å². The maximum atomic E-state index is 5.25. The van der Waals surface area contributed by atoms with E-state index < -0.39 is 0 Å². The molecule has 3 nitrogen and oxygen atoms in total. The van der Waals surface area contributed by atoms with Crippen molar-refractivity contribution in [3.8, 4) is 0 Å². The summed E-state index contributed by atoms with van der Waals surface area (Å²) < 4.78 is 5.25. The first-order valence-electron chi connectivity index (χ1n) is 7.64. The Kier molecular flexibility index (Phi) is 7.66. The van der Waals surface area contributed by atoms with Gasteiger partial charge in [0.1, 0.15) is 0 Å². The number of methoxy groups -OCH3 is 1. The third-order valence-electron chi connectivity index (χ3n) is 4.65. The molecule has 0 aliphatic carbocycles. The summed E-state index contributed by atoms with van der Waals surface area (Å²) in [4.78, 5) is 2.72. The fourth-order valence-corrected chi connectivity index (χ4v) is 3.52. The molecule has 2 aliphatic heterocycles. The van der Waals surface area contributed by atoms with Crippen molar-refractivity contribution in [1.82, 2.24) is 10.2 Å². The lowest BCUT2D eigenvalue weighted by atomic mass is 9.89. The van der Waals surface area contributed by atoms with Crippen molar-refractivity contribution in [3.63, 3.8) is 0 Å². The third-order valence-corrected chi connectivity index (χ3v) is 4.65. The molecule has 4 heteroatoms. The van der Waals surface area contributed by atoms with Crippen LogP contribution in [-0.2, 0) is 4.74 Å². The molecule has 1 N–H and O–H groups in total. The number of ether oxygens (including phenoxy) is 1. The normalized spacial score (nSPS) is 32.8. The summed E-state index contributed by atoms with van der Waals surface area (Å²) in [5, 5.41) is 3.52. The van der Waals surface area contributed by atoms with Gasteiger partial charge in [0, 0.05) is 33.4 Å². The largest absolute Gasteiger partial charge is 0.385 e. The fourth-order valence-electron chi connectivity index (χ4n) is 3.52. The standard InChI is InChI=1S/C15H30N2O.ClH/c1-15(7-8-16-12-15)13-17-9-4-3-5-14(11-17)6-10-18-2;/h14,16H,3-13H2,1-2H3;1H. The van der Waals surface area contributed by atoms with E-state index in [0.717, 1.165) is 12.5 Å². The molecule has 0 radical (unpaired) electrons. The second-order valence-electron chi connectivity index (χ2n) is 6.62. The van der Waals surface area contributed by atoms with Crippen LogP contribution in [0.3, 0.4) is 0 Å². The predicted molar refractivity (Wildman–Crippen MR) is 83.1 cm³/mol. The smallest absolute Gasteiger partial charge is 0.0465 e. The van der Waals surface area contributed by atoms with E-state index in [2.05, 4.69) is 17.1 Å². The molecule has 2 aliphatic rings. The van der Waals surface area contributed by atoms with Gasteiger partial charge in [-0.25, -0.2) is 0 Å². The maximum Gasteiger partial charge on any atom is 0.0465 e. The summed E-state index contributed by atoms with van der Waals surface area (Å²) in [5.74, 6) is 0.852. The summed E-state index contributed by atoms with van der Waals surface area (Å²) in [6.45, 7) is 9.66. The van der Waals surface area contributed by atoms with Gasteiger partial charge < -0.3 is 15.0 Å². The number of hydrogen-bond acceptors (Lipinski definition) is 3. The van der Waals surface area contributed by atoms with E-state index in [9.17, 15) is 0 Å². The molecule has 0 bridgehead atoms. The van der Waals surface area contributed by atoms with Crippen LogP contribution in [0.4, 0.5) is 0 Å². The van der Waals surface area contributed by atoms with Crippen molar-refractivity contribution in [2.24, 2.45) is 11.3 Å². The maximum absolute atomic E-state index is 5.25. The summed E-state index contributed by atoms with van der Waals surface area (Å²) in [6.07, 6.45) is 6.76. The first kappa shape index (κ1) is 17.2. The lowest BCUT2D eigenvalue weighted by molar-refractivity contribution is 0.138. The van der Waals surface area contributed by atoms with Crippen molar-refractivity contribution in [1.29, 1.82) is 0 Å². The van der Waals surface area contributed by atoms with Gasteiger partial charge in [0.15, 0.2) is 0 Å². The monoisotopic (exact) mass is 290 g/mol. The van der Waals surface area contributed by atoms with Crippen LogP contribution in [0.1, 0.15) is 39.0 Å². The number of likely N-dealkylation sites (tertiary alicyclic amines) is 1. The van der Waals surface area contributed by atoms with Crippen LogP contribution in [0.15, 0.2) is 0 Å². The van der Waals surface area contributed by atoms with Gasteiger partial charge in [-0.15, -0.1) is 12.4 Å². The average molecular weight is 291 g/mol. The van der Waals surface area contributed by atoms with E-state index in [1.54, 1.807) is 0 Å². The van der Waals surface area contributed by atoms with Gasteiger partial charge in [-0.05, 0) is 50.1 Å². The SMILES string of the molecule is COCCC1CCCCN(CC2(C)CCNC2)C1.Cl. The zero-order chi connectivity index (χ0) is 12.8. The Labute approximate surface area is 124 Å². The average Bonchev–Trinajstić information content (AvgIpc) is 2.65. The Hall–Kier alpha value is 0.170. The minimum Gasteiger partial charge on any atom is -0.385 e. The molecule has 2 fully saturated rings. The van der Waals surface area contributed by atoms with Crippen LogP contribution in [0.5, 0.6) is 0 Å². The highest BCUT2D eigenvalue weighted by molar-refractivity contribution is 5.85. The number of rotatable bonds is 5. The number of nitrogens with one attached hydrogen (secondary N) is 1. The highest BCUT2D eigenvalue weighted by Crippen LogP contribution is 2.28. The Morgan fingerprint density at radius 3 is 2.89 bits per heavy atom. The number of halogens is 1. The lowest BCUT2D eigenvalue weighted by Crippen LogP contribution is -2.39. The van der Waals surface area contributed by atoms with E-state index in [1.807, 2.05) is 7.11 Å². The van der Waals surface area contributed by atoms with E-state index in [0.29, 0.717) is 5.41 Å². The van der Waals surface area contributed by atoms with Crippen molar-refractivity contribution < 1.29 is 4.74 Å². The van der Waals surface area contributed by atoms with Gasteiger partial charge in [-0.3, -0.25) is 0 Å². The van der Waals surface area contributed by atoms with Gasteiger partial charge in [-0.1, -0.05) is 13.3 Å². The molecule has 2 unspecified atom stereocenters. The van der Waals surface area contributed by atoms with E-state index in [-0.39, 0.29) is 12.4 Å². The quantitative estimate of drug-likeness (QED) is 0.842. The molecule has 0 spiro atoms. The molecular weight excluding hydrogens is 260 g/mol. The van der Waals surface area contributed by atoms with Crippen LogP contribution in [0.2, 0.25) is 0 Å². The Morgan fingerprint density at radius 1 is 1.37 bits per heavy atom. The van der Waals surface area contributed by atoms with Crippen LogP contribution in [0, 0.1) is 11.3 Å². The molecule has 2 heterocycles. The molecular formula is C15H31ClN2O. The van der Waals surface area contributed by atoms with Crippen LogP contribution < -0.4 is 5.32 Å². The molecule has 0 aromatic rings. The van der Waals surface area contributed by atoms with E-state index >= 15 is 0 Å². The van der Waals surface area contributed by atoms with Crippen molar-refractivity contribution in [3.05, 3.63) is 0 Å². The minimum absolute atomic E-state index is 0. The predicted octanol–water partition coefficient (Wildman–Crippen LogP) is 2.55. The molecule has 19 heavy (non-hydrogen) atoms. The van der Waals surface area contributed by atoms with Gasteiger partial charge in [0.2, 0.25) is 0 Å². The number of nitrogens with zero attached hydrogens (tertiary/aromatic N) is 1. The van der Waals surface area contributed by atoms with Crippen molar-refractivity contribution in [2.45, 2.75) is 39.0 Å². The zero-order valence-corrected chi connectivity index (χ0v) is 13.4. The summed E-state index contributed by atoms with van der Waals surface area (Å²) >= 11 is 0. The summed E-state index contributed by atoms with van der Waals surface area (Å²) in [5.41, 5.74) is 0.510. The lowest BCUT2D eigenvalue weighted by Gasteiger charge is -2.32. The van der Waals surface area contributed by atoms with Gasteiger partial charge >= 0.3 is 0 Å². The van der Waals surface area contributed by atoms with E-state index in [1.165, 1.54) is 64.8 Å². The first-order chi connectivity index (χ1) is 8.72. The Morgan fingerprint density at radius 2 is 2.21 bits per heavy atom.